The van der Waals surface area contributed by atoms with Gasteiger partial charge in [0, 0.05) is 49.8 Å². The van der Waals surface area contributed by atoms with Gasteiger partial charge in [0.2, 0.25) is 17.7 Å². The second-order valence-corrected chi connectivity index (χ2v) is 20.5. The van der Waals surface area contributed by atoms with Crippen molar-refractivity contribution in [1.29, 1.82) is 0 Å². The summed E-state index contributed by atoms with van der Waals surface area (Å²) in [6.45, 7) is 11.6. The summed E-state index contributed by atoms with van der Waals surface area (Å²) < 4.78 is 54.5. The maximum absolute atomic E-state index is 16.1. The highest BCUT2D eigenvalue weighted by atomic mass is 32.1. The molecule has 382 valence electrons. The second kappa shape index (κ2) is 23.7. The van der Waals surface area contributed by atoms with Crippen LogP contribution < -0.4 is 15.4 Å². The van der Waals surface area contributed by atoms with E-state index < -0.39 is 70.9 Å². The van der Waals surface area contributed by atoms with E-state index in [1.54, 1.807) is 44.5 Å². The average Bonchev–Trinajstić information content (AvgIpc) is 4.05. The number of nitrogens with zero attached hydrogens (tertiary/aromatic N) is 3. The van der Waals surface area contributed by atoms with Crippen LogP contribution >= 0.6 is 11.3 Å². The van der Waals surface area contributed by atoms with Crippen molar-refractivity contribution in [2.24, 2.45) is 11.3 Å². The number of benzene rings is 3. The topological polar surface area (TPSA) is 189 Å². The summed E-state index contributed by atoms with van der Waals surface area (Å²) in [6.07, 6.45) is 0.338. The fourth-order valence-electron chi connectivity index (χ4n) is 9.56. The summed E-state index contributed by atoms with van der Waals surface area (Å²) in [6, 6.07) is 15.2. The summed E-state index contributed by atoms with van der Waals surface area (Å²) in [5, 5.41) is 26.0. The number of β-amino-alcohol motifs (C(OH)–C–C–N with tert-alkyl or cyclic N) is 1. The number of halogens is 2. The fraction of sp³-hybridized carbons (Fsp3) is 0.491. The average molecular weight is 1000 g/mol. The summed E-state index contributed by atoms with van der Waals surface area (Å²) in [7, 11) is 0. The molecule has 1 fully saturated rings. The lowest BCUT2D eigenvalue weighted by Crippen LogP contribution is -2.58. The van der Waals surface area contributed by atoms with Crippen LogP contribution in [0.3, 0.4) is 0 Å². The number of aliphatic hydroxyl groups is 1. The number of likely N-dealkylation sites (tertiary alicyclic amines) is 1. The van der Waals surface area contributed by atoms with E-state index in [-0.39, 0.29) is 89.7 Å². The van der Waals surface area contributed by atoms with Gasteiger partial charge in [0.25, 0.3) is 0 Å². The first-order valence-corrected chi connectivity index (χ1v) is 25.0. The van der Waals surface area contributed by atoms with Crippen molar-refractivity contribution in [3.8, 4) is 16.2 Å². The Bertz CT molecular complexity index is 2540. The van der Waals surface area contributed by atoms with Gasteiger partial charge in [-0.3, -0.25) is 24.1 Å². The van der Waals surface area contributed by atoms with E-state index in [9.17, 15) is 29.4 Å². The maximum Gasteiger partial charge on any atom is 0.307 e. The minimum Gasteiger partial charge on any atom is -0.491 e. The van der Waals surface area contributed by atoms with Crippen LogP contribution in [-0.4, -0.2) is 132 Å². The van der Waals surface area contributed by atoms with E-state index in [1.165, 1.54) is 4.90 Å². The number of hydrogen-bond acceptors (Lipinski definition) is 12. The first kappa shape index (κ1) is 53.2. The predicted octanol–water partition coefficient (Wildman–Crippen LogP) is 6.50. The Hall–Kier alpha value is -5.63. The van der Waals surface area contributed by atoms with E-state index in [1.807, 2.05) is 67.3 Å². The highest BCUT2D eigenvalue weighted by molar-refractivity contribution is 7.13. The molecule has 3 amide bonds. The number of rotatable bonds is 22. The van der Waals surface area contributed by atoms with Crippen molar-refractivity contribution in [3.63, 3.8) is 0 Å². The van der Waals surface area contributed by atoms with Gasteiger partial charge in [-0.1, -0.05) is 76.2 Å². The lowest BCUT2D eigenvalue weighted by Gasteiger charge is -2.43. The number of carbonyl (C=O) groups excluding carboxylic acids is 3. The summed E-state index contributed by atoms with van der Waals surface area (Å²) in [4.78, 5) is 60.9. The molecule has 1 aliphatic carbocycles. The third kappa shape index (κ3) is 13.1. The van der Waals surface area contributed by atoms with Crippen LogP contribution in [0.2, 0.25) is 0 Å². The molecule has 7 rings (SSSR count). The van der Waals surface area contributed by atoms with Gasteiger partial charge < -0.3 is 44.7 Å². The molecule has 3 aromatic carbocycles. The van der Waals surface area contributed by atoms with Crippen molar-refractivity contribution in [3.05, 3.63) is 111 Å². The zero-order valence-corrected chi connectivity index (χ0v) is 42.0. The third-order valence-electron chi connectivity index (χ3n) is 13.3. The van der Waals surface area contributed by atoms with Crippen molar-refractivity contribution >= 4 is 40.6 Å². The normalized spacial score (nSPS) is 19.8. The molecule has 3 heterocycles. The van der Waals surface area contributed by atoms with Gasteiger partial charge in [0.05, 0.1) is 67.2 Å². The number of fused-ring (bicyclic) bond motifs is 2. The molecule has 18 heteroatoms. The molecule has 0 unspecified atom stereocenters. The number of amides is 3. The number of carboxylic acids is 1. The van der Waals surface area contributed by atoms with E-state index >= 15 is 8.78 Å². The molecular weight excluding hydrogens is 937 g/mol. The molecular formula is C53H65F2N5O10S. The number of nitrogens with one attached hydrogen (secondary N) is 2. The van der Waals surface area contributed by atoms with Crippen LogP contribution in [-0.2, 0) is 46.4 Å². The summed E-state index contributed by atoms with van der Waals surface area (Å²) >= 11 is 1.56. The molecule has 1 saturated heterocycles. The molecule has 0 spiro atoms. The van der Waals surface area contributed by atoms with Crippen LogP contribution in [0.25, 0.3) is 16.0 Å². The molecule has 4 N–H and O–H groups in total. The van der Waals surface area contributed by atoms with Crippen molar-refractivity contribution in [2.45, 2.75) is 97.6 Å². The quantitative estimate of drug-likeness (QED) is 0.0627. The minimum absolute atomic E-state index is 0.000241. The highest BCUT2D eigenvalue weighted by Gasteiger charge is 2.45. The zero-order valence-electron chi connectivity index (χ0n) is 41.2. The van der Waals surface area contributed by atoms with Crippen LogP contribution in [0.1, 0.15) is 81.4 Å². The van der Waals surface area contributed by atoms with Gasteiger partial charge in [-0.05, 0) is 65.5 Å². The second-order valence-electron chi connectivity index (χ2n) is 19.6. The largest absolute Gasteiger partial charge is 0.491 e. The van der Waals surface area contributed by atoms with E-state index in [0.29, 0.717) is 12.8 Å². The number of thiazole rings is 1. The Kier molecular flexibility index (Phi) is 17.8. The highest BCUT2D eigenvalue weighted by Crippen LogP contribution is 2.50. The number of aliphatic hydroxyl groups excluding tert-OH is 1. The maximum atomic E-state index is 16.1. The lowest BCUT2D eigenvalue weighted by atomic mass is 9.84. The number of aliphatic carboxylic acids is 1. The molecule has 2 aliphatic heterocycles. The van der Waals surface area contributed by atoms with Crippen molar-refractivity contribution in [1.82, 2.24) is 25.4 Å². The van der Waals surface area contributed by atoms with E-state index in [4.69, 9.17) is 18.9 Å². The first-order chi connectivity index (χ1) is 33.9. The standard InChI is InChI=1S/C53H65F2N5O10S/c1-31(52(65)66)27-59-32(2)21-40-39-10-8-7-9-36(39)22-41(40)47(59)46-42(54)24-38(25-43(46)55)70-20-19-68-16-15-67-17-18-69-29-45(62)58-49(53(4,5)6)51(64)60-28-37(61)23-44(60)50(63)56-26-34-11-13-35(14-12-34)48-33(3)57-30-71-48/h7-14,24-25,30-32,37,44,47,49,61H,15-23,26-29H2,1-6H3,(H,56,63)(H,58,62)(H,65,66)/t31-,32+,37+,44-,47-,49+/m0/s1. The molecule has 3 aliphatic rings. The van der Waals surface area contributed by atoms with Gasteiger partial charge >= 0.3 is 5.97 Å². The van der Waals surface area contributed by atoms with Crippen molar-refractivity contribution in [2.75, 3.05) is 59.3 Å². The number of aryl methyl sites for hydroxylation is 1. The molecule has 0 radical (unpaired) electrons. The van der Waals surface area contributed by atoms with E-state index in [0.717, 1.165) is 56.1 Å². The zero-order chi connectivity index (χ0) is 51.0. The molecule has 4 aromatic rings. The van der Waals surface area contributed by atoms with Crippen LogP contribution in [0.4, 0.5) is 8.78 Å². The molecule has 15 nitrogen and oxygen atoms in total. The Morgan fingerprint density at radius 3 is 2.25 bits per heavy atom. The summed E-state index contributed by atoms with van der Waals surface area (Å²) in [5.41, 5.74) is 7.89. The third-order valence-corrected chi connectivity index (χ3v) is 14.2. The number of hydrogen-bond donors (Lipinski definition) is 4. The SMILES string of the molecule is Cc1ncsc1-c1ccc(CNC(=O)[C@@H]2C[C@@H](O)CN2C(=O)[C@@H](NC(=O)COCCOCCOCCOc2cc(F)c([C@@H]3C4=C(C[C@@H](C)N3C[C@H](C)C(=O)O)c3ccccc3C4)c(F)c2)C(C)(C)C)cc1. The monoisotopic (exact) mass is 1000 g/mol. The number of ether oxygens (including phenoxy) is 4. The Morgan fingerprint density at radius 1 is 0.944 bits per heavy atom. The van der Waals surface area contributed by atoms with Crippen LogP contribution in [0.5, 0.6) is 5.75 Å². The summed E-state index contributed by atoms with van der Waals surface area (Å²) in [5.74, 6) is -4.69. The van der Waals surface area contributed by atoms with Gasteiger partial charge in [-0.15, -0.1) is 11.3 Å². The molecule has 0 bridgehead atoms. The predicted molar refractivity (Wildman–Crippen MR) is 263 cm³/mol. The Labute approximate surface area is 417 Å². The van der Waals surface area contributed by atoms with Gasteiger partial charge in [0.15, 0.2) is 0 Å². The van der Waals surface area contributed by atoms with Crippen LogP contribution in [0.15, 0.2) is 71.7 Å². The molecule has 0 saturated carbocycles. The van der Waals surface area contributed by atoms with Gasteiger partial charge in [0.1, 0.15) is 42.7 Å². The van der Waals surface area contributed by atoms with E-state index in [2.05, 4.69) is 15.6 Å². The van der Waals surface area contributed by atoms with Gasteiger partial charge in [-0.25, -0.2) is 13.8 Å². The fourth-order valence-corrected chi connectivity index (χ4v) is 10.4. The van der Waals surface area contributed by atoms with Crippen LogP contribution in [0, 0.1) is 29.9 Å². The number of aromatic nitrogens is 1. The molecule has 71 heavy (non-hydrogen) atoms. The molecule has 1 aromatic heterocycles. The lowest BCUT2D eigenvalue weighted by molar-refractivity contribution is -0.144. The number of carbonyl (C=O) groups is 4. The minimum atomic E-state index is -1.01. The van der Waals surface area contributed by atoms with Crippen molar-refractivity contribution < 1.29 is 57.1 Å². The smallest absolute Gasteiger partial charge is 0.307 e. The number of carboxylic acid groups (broad SMARTS) is 1. The van der Waals surface area contributed by atoms with Gasteiger partial charge in [-0.2, -0.15) is 0 Å². The molecule has 6 atom stereocenters. The first-order valence-electron chi connectivity index (χ1n) is 24.1. The Balaban J connectivity index is 0.808. The Morgan fingerprint density at radius 2 is 1.61 bits per heavy atom.